The molecule has 3 aromatic rings. The van der Waals surface area contributed by atoms with Gasteiger partial charge in [0.05, 0.1) is 15.8 Å². The highest BCUT2D eigenvalue weighted by Crippen LogP contribution is 2.27. The second-order valence-corrected chi connectivity index (χ2v) is 7.80. The van der Waals surface area contributed by atoms with Crippen molar-refractivity contribution in [2.75, 3.05) is 11.1 Å². The number of rotatable bonds is 7. The van der Waals surface area contributed by atoms with Crippen molar-refractivity contribution >= 4 is 46.6 Å². The van der Waals surface area contributed by atoms with Crippen LogP contribution < -0.4 is 5.32 Å². The summed E-state index contributed by atoms with van der Waals surface area (Å²) >= 11 is 13.2. The molecule has 2 aromatic carbocycles. The molecule has 5 nitrogen and oxygen atoms in total. The van der Waals surface area contributed by atoms with Crippen LogP contribution in [0.1, 0.15) is 5.56 Å². The van der Waals surface area contributed by atoms with Gasteiger partial charge < -0.3 is 5.32 Å². The molecule has 0 spiro atoms. The number of hydrogen-bond donors (Lipinski definition) is 1. The van der Waals surface area contributed by atoms with E-state index in [-0.39, 0.29) is 11.7 Å². The third kappa shape index (κ3) is 4.95. The molecular formula is C20H18Cl2N4OS. The topological polar surface area (TPSA) is 59.8 Å². The number of carbonyl (C=O) groups excluding carboxylic acids is 1. The third-order valence-electron chi connectivity index (χ3n) is 3.84. The molecule has 0 aliphatic heterocycles. The molecule has 0 aliphatic carbocycles. The van der Waals surface area contributed by atoms with E-state index in [1.165, 1.54) is 11.8 Å². The minimum Gasteiger partial charge on any atom is -0.325 e. The molecule has 0 fully saturated rings. The van der Waals surface area contributed by atoms with Gasteiger partial charge in [-0.2, -0.15) is 0 Å². The van der Waals surface area contributed by atoms with Gasteiger partial charge in [-0.3, -0.25) is 9.36 Å². The Morgan fingerprint density at radius 1 is 1.21 bits per heavy atom. The number of amides is 1. The molecule has 3 rings (SSSR count). The Morgan fingerprint density at radius 3 is 2.75 bits per heavy atom. The maximum atomic E-state index is 12.3. The van der Waals surface area contributed by atoms with Crippen molar-refractivity contribution in [1.29, 1.82) is 0 Å². The van der Waals surface area contributed by atoms with Gasteiger partial charge in [0.1, 0.15) is 0 Å². The molecule has 0 unspecified atom stereocenters. The number of halogens is 2. The molecule has 0 saturated carbocycles. The molecule has 0 atom stereocenters. The van der Waals surface area contributed by atoms with Crippen molar-refractivity contribution in [1.82, 2.24) is 14.8 Å². The second-order valence-electron chi connectivity index (χ2n) is 6.04. The smallest absolute Gasteiger partial charge is 0.234 e. The average Bonchev–Trinajstić information content (AvgIpc) is 3.06. The SMILES string of the molecule is C=CCn1c(SCC(=O)Nc2ccc(Cl)c(Cl)c2)nnc1-c1cccc(C)c1. The average molecular weight is 433 g/mol. The van der Waals surface area contributed by atoms with Crippen LogP contribution in [0.25, 0.3) is 11.4 Å². The second kappa shape index (κ2) is 9.28. The van der Waals surface area contributed by atoms with Crippen LogP contribution in [-0.4, -0.2) is 26.4 Å². The zero-order valence-corrected chi connectivity index (χ0v) is 17.5. The number of benzene rings is 2. The maximum Gasteiger partial charge on any atom is 0.234 e. The first-order chi connectivity index (χ1) is 13.5. The predicted molar refractivity (Wildman–Crippen MR) is 116 cm³/mol. The Morgan fingerprint density at radius 2 is 2.04 bits per heavy atom. The van der Waals surface area contributed by atoms with Crippen LogP contribution >= 0.6 is 35.0 Å². The van der Waals surface area contributed by atoms with Crippen LogP contribution in [0.15, 0.2) is 60.3 Å². The fourth-order valence-electron chi connectivity index (χ4n) is 2.59. The van der Waals surface area contributed by atoms with E-state index in [0.29, 0.717) is 27.4 Å². The van der Waals surface area contributed by atoms with Crippen LogP contribution in [0.4, 0.5) is 5.69 Å². The van der Waals surface area contributed by atoms with E-state index in [1.54, 1.807) is 24.3 Å². The fraction of sp³-hybridized carbons (Fsp3) is 0.150. The number of hydrogen-bond acceptors (Lipinski definition) is 4. The van der Waals surface area contributed by atoms with Gasteiger partial charge in [-0.1, -0.05) is 64.8 Å². The normalized spacial score (nSPS) is 10.7. The van der Waals surface area contributed by atoms with Gasteiger partial charge in [-0.15, -0.1) is 16.8 Å². The van der Waals surface area contributed by atoms with Crippen LogP contribution in [0.3, 0.4) is 0 Å². The molecule has 1 aromatic heterocycles. The van der Waals surface area contributed by atoms with Gasteiger partial charge in [0.2, 0.25) is 5.91 Å². The van der Waals surface area contributed by atoms with Gasteiger partial charge >= 0.3 is 0 Å². The van der Waals surface area contributed by atoms with E-state index in [0.717, 1.165) is 17.0 Å². The molecule has 0 radical (unpaired) electrons. The van der Waals surface area contributed by atoms with Crippen molar-refractivity contribution in [2.45, 2.75) is 18.6 Å². The lowest BCUT2D eigenvalue weighted by atomic mass is 10.1. The summed E-state index contributed by atoms with van der Waals surface area (Å²) in [6.07, 6.45) is 1.78. The fourth-order valence-corrected chi connectivity index (χ4v) is 3.63. The van der Waals surface area contributed by atoms with E-state index in [4.69, 9.17) is 23.2 Å². The largest absolute Gasteiger partial charge is 0.325 e. The number of nitrogens with zero attached hydrogens (tertiary/aromatic N) is 3. The van der Waals surface area contributed by atoms with Crippen LogP contribution in [0.2, 0.25) is 10.0 Å². The molecule has 0 saturated heterocycles. The summed E-state index contributed by atoms with van der Waals surface area (Å²) in [5, 5.41) is 12.8. The zero-order valence-electron chi connectivity index (χ0n) is 15.2. The van der Waals surface area contributed by atoms with Gasteiger partial charge in [0, 0.05) is 17.8 Å². The number of aryl methyl sites for hydroxylation is 1. The maximum absolute atomic E-state index is 12.3. The highest BCUT2D eigenvalue weighted by molar-refractivity contribution is 7.99. The molecule has 0 bridgehead atoms. The highest BCUT2D eigenvalue weighted by Gasteiger charge is 2.15. The summed E-state index contributed by atoms with van der Waals surface area (Å²) in [7, 11) is 0. The molecule has 0 aliphatic rings. The summed E-state index contributed by atoms with van der Waals surface area (Å²) in [4.78, 5) is 12.3. The van der Waals surface area contributed by atoms with E-state index < -0.39 is 0 Å². The molecule has 144 valence electrons. The molecule has 1 N–H and O–H groups in total. The summed E-state index contributed by atoms with van der Waals surface area (Å²) in [5.74, 6) is 0.758. The first kappa shape index (κ1) is 20.5. The number of carbonyl (C=O) groups is 1. The van der Waals surface area contributed by atoms with Gasteiger partial charge in [-0.25, -0.2) is 0 Å². The number of nitrogens with one attached hydrogen (secondary N) is 1. The Balaban J connectivity index is 1.72. The minimum absolute atomic E-state index is 0.173. The monoisotopic (exact) mass is 432 g/mol. The zero-order chi connectivity index (χ0) is 20.1. The summed E-state index contributed by atoms with van der Waals surface area (Å²) in [5.41, 5.74) is 2.70. The molecule has 1 amide bonds. The van der Waals surface area contributed by atoms with Gasteiger partial charge in [0.25, 0.3) is 0 Å². The van der Waals surface area contributed by atoms with Crippen molar-refractivity contribution in [3.8, 4) is 11.4 Å². The number of allylic oxidation sites excluding steroid dienone is 1. The standard InChI is InChI=1S/C20H18Cl2N4OS/c1-3-9-26-19(14-6-4-5-13(2)10-14)24-25-20(26)28-12-18(27)23-15-7-8-16(21)17(22)11-15/h3-8,10-11H,1,9,12H2,2H3,(H,23,27). The van der Waals surface area contributed by atoms with Crippen molar-refractivity contribution in [3.05, 3.63) is 70.7 Å². The van der Waals surface area contributed by atoms with Crippen molar-refractivity contribution < 1.29 is 4.79 Å². The lowest BCUT2D eigenvalue weighted by Crippen LogP contribution is -2.14. The summed E-state index contributed by atoms with van der Waals surface area (Å²) < 4.78 is 1.94. The van der Waals surface area contributed by atoms with Gasteiger partial charge in [0.15, 0.2) is 11.0 Å². The van der Waals surface area contributed by atoms with E-state index >= 15 is 0 Å². The van der Waals surface area contributed by atoms with Crippen molar-refractivity contribution in [2.24, 2.45) is 0 Å². The van der Waals surface area contributed by atoms with E-state index in [2.05, 4.69) is 28.2 Å². The van der Waals surface area contributed by atoms with Crippen molar-refractivity contribution in [3.63, 3.8) is 0 Å². The quantitative estimate of drug-likeness (QED) is 0.396. The Hall–Kier alpha value is -2.28. The van der Waals surface area contributed by atoms with E-state index in [1.807, 2.05) is 29.7 Å². The molecule has 8 heteroatoms. The number of aromatic nitrogens is 3. The lowest BCUT2D eigenvalue weighted by molar-refractivity contribution is -0.113. The molecule has 1 heterocycles. The third-order valence-corrected chi connectivity index (χ3v) is 5.55. The molecule has 28 heavy (non-hydrogen) atoms. The van der Waals surface area contributed by atoms with Crippen LogP contribution in [0.5, 0.6) is 0 Å². The minimum atomic E-state index is -0.173. The number of thioether (sulfide) groups is 1. The highest BCUT2D eigenvalue weighted by atomic mass is 35.5. The predicted octanol–water partition coefficient (Wildman–Crippen LogP) is 5.48. The van der Waals surface area contributed by atoms with E-state index in [9.17, 15) is 4.79 Å². The lowest BCUT2D eigenvalue weighted by Gasteiger charge is -2.09. The Bertz CT molecular complexity index is 1020. The van der Waals surface area contributed by atoms with Gasteiger partial charge in [-0.05, 0) is 31.2 Å². The number of anilines is 1. The first-order valence-corrected chi connectivity index (χ1v) is 10.2. The Kier molecular flexibility index (Phi) is 6.78. The van der Waals surface area contributed by atoms with Crippen LogP contribution in [0, 0.1) is 6.92 Å². The molecular weight excluding hydrogens is 415 g/mol. The summed E-state index contributed by atoms with van der Waals surface area (Å²) in [6, 6.07) is 13.0. The van der Waals surface area contributed by atoms with Crippen LogP contribution in [-0.2, 0) is 11.3 Å². The first-order valence-electron chi connectivity index (χ1n) is 8.46. The Labute approximate surface area is 177 Å². The summed E-state index contributed by atoms with van der Waals surface area (Å²) in [6.45, 7) is 6.38.